The summed E-state index contributed by atoms with van der Waals surface area (Å²) < 4.78 is 55.9. The molecule has 0 aliphatic carbocycles. The van der Waals surface area contributed by atoms with Crippen molar-refractivity contribution in [1.29, 1.82) is 0 Å². The molecule has 2 aromatic carbocycles. The fraction of sp³-hybridized carbons (Fsp3) is 0.211. The maximum Gasteiger partial charge on any atom is 0.340 e. The molecule has 0 amide bonds. The van der Waals surface area contributed by atoms with Gasteiger partial charge in [-0.05, 0) is 49.2 Å². The van der Waals surface area contributed by atoms with E-state index >= 15 is 0 Å². The molecule has 26 heavy (non-hydrogen) atoms. The highest BCUT2D eigenvalue weighted by Crippen LogP contribution is 2.44. The molecule has 1 aliphatic rings. The molecule has 0 atom stereocenters. The molecule has 136 valence electrons. The van der Waals surface area contributed by atoms with Gasteiger partial charge in [0.2, 0.25) is 0 Å². The molecule has 2 aromatic rings. The van der Waals surface area contributed by atoms with E-state index in [0.29, 0.717) is 11.1 Å². The predicted molar refractivity (Wildman–Crippen MR) is 92.9 cm³/mol. The lowest BCUT2D eigenvalue weighted by molar-refractivity contribution is -0.141. The van der Waals surface area contributed by atoms with Crippen LogP contribution in [0.15, 0.2) is 47.4 Å². The third kappa shape index (κ3) is 3.26. The van der Waals surface area contributed by atoms with Crippen LogP contribution in [0.25, 0.3) is 11.1 Å². The van der Waals surface area contributed by atoms with Gasteiger partial charge in [0, 0.05) is 17.9 Å². The molecule has 0 radical (unpaired) electrons. The number of carbonyl (C=O) groups excluding carboxylic acids is 1. The molecular weight excluding hydrogens is 362 g/mol. The van der Waals surface area contributed by atoms with Gasteiger partial charge in [-0.1, -0.05) is 12.1 Å². The number of carbonyl (C=O) groups is 1. The zero-order chi connectivity index (χ0) is 19.3. The first-order valence-electron chi connectivity index (χ1n) is 7.74. The summed E-state index contributed by atoms with van der Waals surface area (Å²) in [7, 11) is -3.37. The van der Waals surface area contributed by atoms with E-state index in [9.17, 15) is 22.0 Å². The van der Waals surface area contributed by atoms with Crippen LogP contribution in [0.2, 0.25) is 0 Å². The Balaban J connectivity index is 2.24. The van der Waals surface area contributed by atoms with E-state index in [1.807, 2.05) is 0 Å². The van der Waals surface area contributed by atoms with Gasteiger partial charge >= 0.3 is 5.97 Å². The van der Waals surface area contributed by atoms with Crippen LogP contribution in [0.3, 0.4) is 0 Å². The monoisotopic (exact) mass is 378 g/mol. The van der Waals surface area contributed by atoms with Gasteiger partial charge in [0.15, 0.2) is 9.84 Å². The molecule has 1 aliphatic heterocycles. The predicted octanol–water partition coefficient (Wildman–Crippen LogP) is 3.61. The van der Waals surface area contributed by atoms with Crippen LogP contribution < -0.4 is 0 Å². The Kier molecular flexibility index (Phi) is 4.23. The van der Waals surface area contributed by atoms with Crippen LogP contribution in [0.1, 0.15) is 25.0 Å². The zero-order valence-corrected chi connectivity index (χ0v) is 15.2. The van der Waals surface area contributed by atoms with Gasteiger partial charge in [0.25, 0.3) is 0 Å². The van der Waals surface area contributed by atoms with E-state index in [4.69, 9.17) is 4.74 Å². The summed E-state index contributed by atoms with van der Waals surface area (Å²) in [5.41, 5.74) is 0.0585. The largest absolute Gasteiger partial charge is 0.451 e. The fourth-order valence-corrected chi connectivity index (χ4v) is 3.69. The average molecular weight is 378 g/mol. The summed E-state index contributed by atoms with van der Waals surface area (Å²) >= 11 is 0. The Morgan fingerprint density at radius 2 is 1.46 bits per heavy atom. The van der Waals surface area contributed by atoms with Crippen molar-refractivity contribution in [2.24, 2.45) is 0 Å². The van der Waals surface area contributed by atoms with E-state index in [-0.39, 0.29) is 16.0 Å². The van der Waals surface area contributed by atoms with Crippen molar-refractivity contribution >= 4 is 27.0 Å². The summed E-state index contributed by atoms with van der Waals surface area (Å²) in [6, 6.07) is 8.77. The van der Waals surface area contributed by atoms with Crippen LogP contribution in [0.5, 0.6) is 0 Å². The summed E-state index contributed by atoms with van der Waals surface area (Å²) in [5.74, 6) is -2.31. The van der Waals surface area contributed by atoms with Crippen LogP contribution in [-0.2, 0) is 19.4 Å². The molecule has 1 heterocycles. The molecule has 0 spiro atoms. The lowest BCUT2D eigenvalue weighted by Crippen LogP contribution is -2.22. The normalized spacial score (nSPS) is 16.7. The first-order valence-corrected chi connectivity index (χ1v) is 9.63. The highest BCUT2D eigenvalue weighted by atomic mass is 32.2. The van der Waals surface area contributed by atoms with Gasteiger partial charge in [-0.15, -0.1) is 0 Å². The molecule has 0 saturated carbocycles. The highest BCUT2D eigenvalue weighted by Gasteiger charge is 2.41. The van der Waals surface area contributed by atoms with Crippen LogP contribution in [0.4, 0.5) is 8.78 Å². The van der Waals surface area contributed by atoms with Gasteiger partial charge in [-0.25, -0.2) is 22.0 Å². The first kappa shape index (κ1) is 18.3. The van der Waals surface area contributed by atoms with Crippen molar-refractivity contribution in [3.8, 4) is 0 Å². The van der Waals surface area contributed by atoms with Gasteiger partial charge in [0.1, 0.15) is 17.2 Å². The van der Waals surface area contributed by atoms with Crippen molar-refractivity contribution < 1.29 is 26.7 Å². The van der Waals surface area contributed by atoms with Gasteiger partial charge < -0.3 is 4.74 Å². The molecule has 0 aromatic heterocycles. The molecule has 3 rings (SSSR count). The number of hydrogen-bond donors (Lipinski definition) is 0. The molecule has 0 fully saturated rings. The van der Waals surface area contributed by atoms with Gasteiger partial charge in [-0.2, -0.15) is 0 Å². The van der Waals surface area contributed by atoms with E-state index in [2.05, 4.69) is 0 Å². The van der Waals surface area contributed by atoms with Crippen LogP contribution >= 0.6 is 0 Å². The second kappa shape index (κ2) is 6.02. The topological polar surface area (TPSA) is 60.4 Å². The lowest BCUT2D eigenvalue weighted by atomic mass is 9.87. The third-order valence-corrected chi connectivity index (χ3v) is 5.25. The minimum absolute atomic E-state index is 0.0560. The summed E-state index contributed by atoms with van der Waals surface area (Å²) in [6.45, 7) is 3.32. The number of esters is 1. The smallest absolute Gasteiger partial charge is 0.340 e. The van der Waals surface area contributed by atoms with E-state index in [1.54, 1.807) is 26.0 Å². The average Bonchev–Trinajstić information content (AvgIpc) is 2.74. The zero-order valence-electron chi connectivity index (χ0n) is 14.3. The number of benzene rings is 2. The Hall–Kier alpha value is -2.54. The Morgan fingerprint density at radius 1 is 0.923 bits per heavy atom. The third-order valence-electron chi connectivity index (χ3n) is 4.13. The lowest BCUT2D eigenvalue weighted by Gasteiger charge is -2.21. The molecule has 0 N–H and O–H groups in total. The highest BCUT2D eigenvalue weighted by molar-refractivity contribution is 7.90. The Labute approximate surface area is 150 Å². The van der Waals surface area contributed by atoms with E-state index in [0.717, 1.165) is 24.5 Å². The minimum atomic E-state index is -3.37. The number of ether oxygens (including phenoxy) is 1. The molecule has 4 nitrogen and oxygen atoms in total. The van der Waals surface area contributed by atoms with Crippen molar-refractivity contribution in [3.63, 3.8) is 0 Å². The summed E-state index contributed by atoms with van der Waals surface area (Å²) in [6.07, 6.45) is 1.09. The van der Waals surface area contributed by atoms with Crippen molar-refractivity contribution in [2.75, 3.05) is 6.26 Å². The molecular formula is C19H16F2O4S. The summed E-state index contributed by atoms with van der Waals surface area (Å²) in [4.78, 5) is 12.5. The second-order valence-electron chi connectivity index (χ2n) is 6.60. The van der Waals surface area contributed by atoms with Crippen molar-refractivity contribution in [3.05, 3.63) is 65.2 Å². The van der Waals surface area contributed by atoms with Crippen molar-refractivity contribution in [2.45, 2.75) is 24.3 Å². The van der Waals surface area contributed by atoms with Crippen LogP contribution in [0, 0.1) is 11.6 Å². The Bertz CT molecular complexity index is 1020. The maximum atomic E-state index is 13.6. The minimum Gasteiger partial charge on any atom is -0.451 e. The van der Waals surface area contributed by atoms with Gasteiger partial charge in [0.05, 0.1) is 10.5 Å². The number of rotatable bonds is 3. The quantitative estimate of drug-likeness (QED) is 0.766. The summed E-state index contributed by atoms with van der Waals surface area (Å²) in [5, 5.41) is 0. The number of sulfone groups is 1. The second-order valence-corrected chi connectivity index (χ2v) is 8.62. The number of halogens is 2. The molecule has 0 saturated heterocycles. The molecule has 7 heteroatoms. The van der Waals surface area contributed by atoms with Gasteiger partial charge in [-0.3, -0.25) is 0 Å². The maximum absolute atomic E-state index is 13.6. The Morgan fingerprint density at radius 3 is 1.96 bits per heavy atom. The first-order chi connectivity index (χ1) is 12.0. The molecule has 0 unspecified atom stereocenters. The SMILES string of the molecule is CC1(C)OC(=O)C(c2cc(F)cc(F)c2)=C1c1ccc(S(C)(=O)=O)cc1. The van der Waals surface area contributed by atoms with E-state index < -0.39 is 33.0 Å². The van der Waals surface area contributed by atoms with Crippen molar-refractivity contribution in [1.82, 2.24) is 0 Å². The molecule has 0 bridgehead atoms. The number of hydrogen-bond acceptors (Lipinski definition) is 4. The number of cyclic esters (lactones) is 1. The van der Waals surface area contributed by atoms with E-state index in [1.165, 1.54) is 12.1 Å². The fourth-order valence-electron chi connectivity index (χ4n) is 3.06. The standard InChI is InChI=1S/C19H16F2O4S/c1-19(2)17(11-4-6-15(7-5-11)26(3,23)24)16(18(22)25-19)12-8-13(20)10-14(21)9-12/h4-10H,1-3H3. The van der Waals surface area contributed by atoms with Crippen LogP contribution in [-0.4, -0.2) is 26.2 Å².